The number of benzene rings is 1. The quantitative estimate of drug-likeness (QED) is 0.416. The third-order valence-electron chi connectivity index (χ3n) is 4.40. The maximum atomic E-state index is 14.0. The largest absolute Gasteiger partial charge is 0.371 e. The van der Waals surface area contributed by atoms with Crippen LogP contribution in [0.1, 0.15) is 42.5 Å². The molecular weight excluding hydrogens is 315 g/mol. The normalized spacial score (nSPS) is 17.0. The summed E-state index contributed by atoms with van der Waals surface area (Å²) in [5, 5.41) is 3.19. The fraction of sp³-hybridized carbons (Fsp3) is 0.400. The molecule has 0 amide bonds. The molecule has 0 aliphatic carbocycles. The number of rotatable bonds is 9. The summed E-state index contributed by atoms with van der Waals surface area (Å²) in [6.45, 7) is 13.3. The molecule has 4 nitrogen and oxygen atoms in total. The molecule has 0 aromatic heterocycles. The molecule has 1 N–H and O–H groups in total. The van der Waals surface area contributed by atoms with E-state index < -0.39 is 0 Å². The second-order valence-electron chi connectivity index (χ2n) is 6.09. The minimum atomic E-state index is -0.135. The molecule has 0 bridgehead atoms. The molecule has 1 aromatic carbocycles. The Balaban J connectivity index is 2.07. The topological polar surface area (TPSA) is 40.0 Å². The summed E-state index contributed by atoms with van der Waals surface area (Å²) in [6, 6.07) is 3.81. The van der Waals surface area contributed by atoms with Gasteiger partial charge in [-0.2, -0.15) is 0 Å². The summed E-state index contributed by atoms with van der Waals surface area (Å²) in [6.07, 6.45) is 7.31. The number of aryl methyl sites for hydroxylation is 1. The van der Waals surface area contributed by atoms with Crippen molar-refractivity contribution in [2.75, 3.05) is 13.2 Å². The van der Waals surface area contributed by atoms with Crippen LogP contribution in [0, 0.1) is 12.7 Å². The van der Waals surface area contributed by atoms with Crippen LogP contribution < -0.4 is 5.32 Å². The van der Waals surface area contributed by atoms with Crippen LogP contribution in [-0.2, 0) is 6.54 Å². The second kappa shape index (κ2) is 9.16. The standard InChI is InChI=1S/C20H27FN4/c1-5-17(12-24-14-23-9-7-8-22-4)25-13-16-10-15(3)19(21)11-18(16)20(25)6-2/h5,9-12,20,24H,1,4,6-8,13-14H2,2-3H3/b17-12+,23-9-. The minimum absolute atomic E-state index is 0.135. The van der Waals surface area contributed by atoms with Gasteiger partial charge in [0.15, 0.2) is 0 Å². The van der Waals surface area contributed by atoms with Crippen LogP contribution in [0.3, 0.4) is 0 Å². The third-order valence-corrected chi connectivity index (χ3v) is 4.40. The van der Waals surface area contributed by atoms with E-state index in [0.717, 1.165) is 30.6 Å². The van der Waals surface area contributed by atoms with Gasteiger partial charge in [0.25, 0.3) is 0 Å². The molecule has 1 unspecified atom stereocenters. The molecule has 0 saturated heterocycles. The van der Waals surface area contributed by atoms with Crippen molar-refractivity contribution in [1.82, 2.24) is 10.2 Å². The van der Waals surface area contributed by atoms with E-state index in [0.29, 0.717) is 18.8 Å². The number of hydrogen-bond donors (Lipinski definition) is 1. The molecule has 25 heavy (non-hydrogen) atoms. The molecule has 0 fully saturated rings. The zero-order valence-electron chi connectivity index (χ0n) is 15.1. The van der Waals surface area contributed by atoms with Crippen LogP contribution >= 0.6 is 0 Å². The van der Waals surface area contributed by atoms with Gasteiger partial charge in [-0.05, 0) is 48.9 Å². The zero-order valence-corrected chi connectivity index (χ0v) is 15.1. The highest BCUT2D eigenvalue weighted by atomic mass is 19.1. The van der Waals surface area contributed by atoms with E-state index in [-0.39, 0.29) is 11.9 Å². The lowest BCUT2D eigenvalue weighted by Crippen LogP contribution is -2.22. The van der Waals surface area contributed by atoms with Crippen molar-refractivity contribution >= 4 is 12.9 Å². The number of hydrogen-bond acceptors (Lipinski definition) is 4. The number of fused-ring (bicyclic) bond motifs is 1. The molecule has 5 heteroatoms. The molecule has 1 heterocycles. The second-order valence-corrected chi connectivity index (χ2v) is 6.09. The lowest BCUT2D eigenvalue weighted by Gasteiger charge is -2.27. The van der Waals surface area contributed by atoms with Crippen molar-refractivity contribution < 1.29 is 4.39 Å². The third kappa shape index (κ3) is 4.56. The zero-order chi connectivity index (χ0) is 18.2. The Morgan fingerprint density at radius 3 is 2.96 bits per heavy atom. The van der Waals surface area contributed by atoms with Crippen LogP contribution in [-0.4, -0.2) is 31.0 Å². The highest BCUT2D eigenvalue weighted by Crippen LogP contribution is 2.39. The Morgan fingerprint density at radius 1 is 1.48 bits per heavy atom. The lowest BCUT2D eigenvalue weighted by atomic mass is 10.0. The Hall–Kier alpha value is -2.43. The van der Waals surface area contributed by atoms with Gasteiger partial charge in [0.1, 0.15) is 12.5 Å². The summed E-state index contributed by atoms with van der Waals surface area (Å²) in [5.74, 6) is -0.135. The fourth-order valence-corrected chi connectivity index (χ4v) is 3.14. The van der Waals surface area contributed by atoms with Gasteiger partial charge >= 0.3 is 0 Å². The van der Waals surface area contributed by atoms with Crippen molar-refractivity contribution in [2.45, 2.75) is 39.3 Å². The van der Waals surface area contributed by atoms with Gasteiger partial charge in [-0.3, -0.25) is 4.99 Å². The average Bonchev–Trinajstić information content (AvgIpc) is 2.95. The molecule has 1 aliphatic heterocycles. The summed E-state index contributed by atoms with van der Waals surface area (Å²) >= 11 is 0. The fourth-order valence-electron chi connectivity index (χ4n) is 3.14. The Kier molecular flexibility index (Phi) is 6.92. The van der Waals surface area contributed by atoms with Crippen molar-refractivity contribution in [1.29, 1.82) is 0 Å². The van der Waals surface area contributed by atoms with Gasteiger partial charge in [-0.25, -0.2) is 4.39 Å². The summed E-state index contributed by atoms with van der Waals surface area (Å²) in [4.78, 5) is 10.3. The lowest BCUT2D eigenvalue weighted by molar-refractivity contribution is 0.279. The van der Waals surface area contributed by atoms with Crippen molar-refractivity contribution in [3.05, 3.63) is 59.2 Å². The van der Waals surface area contributed by atoms with Gasteiger partial charge < -0.3 is 15.2 Å². The van der Waals surface area contributed by atoms with E-state index in [9.17, 15) is 4.39 Å². The predicted octanol–water partition coefficient (Wildman–Crippen LogP) is 4.14. The van der Waals surface area contributed by atoms with Gasteiger partial charge in [0, 0.05) is 31.9 Å². The molecule has 2 rings (SSSR count). The molecule has 1 aromatic rings. The van der Waals surface area contributed by atoms with E-state index in [2.05, 4.69) is 40.4 Å². The van der Waals surface area contributed by atoms with E-state index >= 15 is 0 Å². The molecular formula is C20H27FN4. The molecule has 1 atom stereocenters. The van der Waals surface area contributed by atoms with E-state index in [1.807, 2.05) is 31.5 Å². The van der Waals surface area contributed by atoms with Crippen molar-refractivity contribution in [2.24, 2.45) is 9.98 Å². The van der Waals surface area contributed by atoms with Gasteiger partial charge in [-0.15, -0.1) is 0 Å². The first kappa shape index (κ1) is 18.9. The predicted molar refractivity (Wildman–Crippen MR) is 104 cm³/mol. The van der Waals surface area contributed by atoms with Crippen LogP contribution in [0.15, 0.2) is 46.7 Å². The highest BCUT2D eigenvalue weighted by molar-refractivity contribution is 5.57. The van der Waals surface area contributed by atoms with Gasteiger partial charge in [0.2, 0.25) is 0 Å². The first-order chi connectivity index (χ1) is 12.1. The number of aliphatic imine (C=N–C) groups is 2. The van der Waals surface area contributed by atoms with E-state index in [4.69, 9.17) is 0 Å². The SMILES string of the molecule is C=C/C(=C\NC/N=C\CCN=C)N1Cc2cc(C)c(F)cc2C1CC. The Bertz CT molecular complexity index is 679. The summed E-state index contributed by atoms with van der Waals surface area (Å²) in [5.41, 5.74) is 3.95. The number of allylic oxidation sites excluding steroid dienone is 1. The maximum Gasteiger partial charge on any atom is 0.126 e. The first-order valence-electron chi connectivity index (χ1n) is 8.64. The van der Waals surface area contributed by atoms with Crippen molar-refractivity contribution in [3.8, 4) is 0 Å². The van der Waals surface area contributed by atoms with Gasteiger partial charge in [-0.1, -0.05) is 19.6 Å². The summed E-state index contributed by atoms with van der Waals surface area (Å²) in [7, 11) is 0. The van der Waals surface area contributed by atoms with E-state index in [1.165, 1.54) is 5.56 Å². The highest BCUT2D eigenvalue weighted by Gasteiger charge is 2.30. The monoisotopic (exact) mass is 342 g/mol. The first-order valence-corrected chi connectivity index (χ1v) is 8.64. The number of nitrogens with zero attached hydrogens (tertiary/aromatic N) is 3. The summed E-state index contributed by atoms with van der Waals surface area (Å²) < 4.78 is 14.0. The molecule has 134 valence electrons. The van der Waals surface area contributed by atoms with Crippen LogP contribution in [0.2, 0.25) is 0 Å². The van der Waals surface area contributed by atoms with Crippen LogP contribution in [0.4, 0.5) is 4.39 Å². The van der Waals surface area contributed by atoms with Gasteiger partial charge in [0.05, 0.1) is 11.7 Å². The van der Waals surface area contributed by atoms with Crippen LogP contribution in [0.5, 0.6) is 0 Å². The maximum absolute atomic E-state index is 14.0. The number of halogens is 1. The number of nitrogens with one attached hydrogen (secondary N) is 1. The Morgan fingerprint density at radius 2 is 2.28 bits per heavy atom. The molecule has 0 spiro atoms. The average molecular weight is 342 g/mol. The molecule has 0 radical (unpaired) electrons. The smallest absolute Gasteiger partial charge is 0.126 e. The van der Waals surface area contributed by atoms with E-state index in [1.54, 1.807) is 6.07 Å². The molecule has 0 saturated carbocycles. The molecule has 1 aliphatic rings. The van der Waals surface area contributed by atoms with Crippen LogP contribution in [0.25, 0.3) is 0 Å². The Labute approximate surface area is 149 Å². The van der Waals surface area contributed by atoms with Crippen molar-refractivity contribution in [3.63, 3.8) is 0 Å². The minimum Gasteiger partial charge on any atom is -0.371 e.